The largest absolute Gasteiger partial charge is 0.416 e. The highest BCUT2D eigenvalue weighted by atomic mass is 32.2. The fourth-order valence-electron chi connectivity index (χ4n) is 1.17. The van der Waals surface area contributed by atoms with E-state index in [0.29, 0.717) is 5.56 Å². The molecule has 7 heteroatoms. The lowest BCUT2D eigenvalue weighted by molar-refractivity contribution is -0.137. The molecule has 0 bridgehead atoms. The maximum atomic E-state index is 12.3. The molecule has 0 N–H and O–H groups in total. The van der Waals surface area contributed by atoms with Gasteiger partial charge >= 0.3 is 6.18 Å². The van der Waals surface area contributed by atoms with Gasteiger partial charge in [0.25, 0.3) is 0 Å². The van der Waals surface area contributed by atoms with E-state index in [1.807, 2.05) is 0 Å². The second-order valence-corrected chi connectivity index (χ2v) is 5.80. The maximum absolute atomic E-state index is 12.3. The van der Waals surface area contributed by atoms with Crippen LogP contribution >= 0.6 is 0 Å². The minimum absolute atomic E-state index is 0.0526. The van der Waals surface area contributed by atoms with Crippen molar-refractivity contribution in [3.63, 3.8) is 0 Å². The summed E-state index contributed by atoms with van der Waals surface area (Å²) in [6, 6.07) is 4.41. The van der Waals surface area contributed by atoms with Crippen LogP contribution in [0.4, 0.5) is 13.2 Å². The molecule has 0 aliphatic heterocycles. The summed E-state index contributed by atoms with van der Waals surface area (Å²) in [4.78, 5) is 0. The van der Waals surface area contributed by atoms with Crippen molar-refractivity contribution in [2.75, 3.05) is 13.3 Å². The zero-order chi connectivity index (χ0) is 13.3. The minimum atomic E-state index is -4.37. The van der Waals surface area contributed by atoms with Gasteiger partial charge in [-0.15, -0.1) is 0 Å². The normalized spacial score (nSPS) is 13.1. The number of nitrogens with zero attached hydrogens (tertiary/aromatic N) is 1. The molecule has 0 aromatic heterocycles. The van der Waals surface area contributed by atoms with Gasteiger partial charge in [0.05, 0.1) is 11.8 Å². The number of benzene rings is 1. The highest BCUT2D eigenvalue weighted by molar-refractivity contribution is 7.88. The fraction of sp³-hybridized carbons (Fsp3) is 0.400. The molecule has 0 saturated carbocycles. The Kier molecular flexibility index (Phi) is 3.83. The Labute approximate surface area is 97.9 Å². The first-order valence-corrected chi connectivity index (χ1v) is 6.53. The lowest BCUT2D eigenvalue weighted by Gasteiger charge is -2.14. The van der Waals surface area contributed by atoms with Crippen molar-refractivity contribution in [2.24, 2.45) is 0 Å². The molecule has 3 nitrogen and oxygen atoms in total. The fourth-order valence-corrected chi connectivity index (χ4v) is 1.56. The molecule has 0 aliphatic carbocycles. The summed E-state index contributed by atoms with van der Waals surface area (Å²) >= 11 is 0. The monoisotopic (exact) mass is 267 g/mol. The lowest BCUT2D eigenvalue weighted by Crippen LogP contribution is -2.24. The van der Waals surface area contributed by atoms with E-state index in [0.717, 1.165) is 22.7 Å². The van der Waals surface area contributed by atoms with Crippen LogP contribution in [0, 0.1) is 0 Å². The van der Waals surface area contributed by atoms with Crippen molar-refractivity contribution < 1.29 is 21.6 Å². The van der Waals surface area contributed by atoms with Crippen molar-refractivity contribution in [2.45, 2.75) is 12.7 Å². The molecular formula is C10H12F3NO2S. The van der Waals surface area contributed by atoms with E-state index in [4.69, 9.17) is 0 Å². The number of alkyl halides is 3. The van der Waals surface area contributed by atoms with Gasteiger partial charge in [-0.2, -0.15) is 13.2 Å². The van der Waals surface area contributed by atoms with E-state index in [9.17, 15) is 21.6 Å². The van der Waals surface area contributed by atoms with Crippen LogP contribution < -0.4 is 0 Å². The Morgan fingerprint density at radius 2 is 1.65 bits per heavy atom. The van der Waals surface area contributed by atoms with Crippen LogP contribution in [0.2, 0.25) is 0 Å². The predicted molar refractivity (Wildman–Crippen MR) is 57.8 cm³/mol. The minimum Gasteiger partial charge on any atom is -0.213 e. The van der Waals surface area contributed by atoms with Gasteiger partial charge in [-0.1, -0.05) is 12.1 Å². The lowest BCUT2D eigenvalue weighted by atomic mass is 10.1. The zero-order valence-corrected chi connectivity index (χ0v) is 10.1. The van der Waals surface area contributed by atoms with Crippen LogP contribution in [-0.4, -0.2) is 26.0 Å². The predicted octanol–water partition coefficient (Wildman–Crippen LogP) is 2.10. The average molecular weight is 267 g/mol. The number of rotatable bonds is 3. The van der Waals surface area contributed by atoms with Gasteiger partial charge in [-0.25, -0.2) is 12.7 Å². The molecule has 1 aromatic carbocycles. The summed E-state index contributed by atoms with van der Waals surface area (Å²) in [5.41, 5.74) is -0.241. The quantitative estimate of drug-likeness (QED) is 0.841. The summed E-state index contributed by atoms with van der Waals surface area (Å²) < 4.78 is 60.1. The molecule has 0 fully saturated rings. The van der Waals surface area contributed by atoms with E-state index < -0.39 is 21.8 Å². The molecule has 0 saturated heterocycles. The maximum Gasteiger partial charge on any atom is 0.416 e. The Bertz CT molecular complexity index is 479. The molecule has 0 amide bonds. The van der Waals surface area contributed by atoms with Gasteiger partial charge in [-0.3, -0.25) is 0 Å². The van der Waals surface area contributed by atoms with Gasteiger partial charge in [0.1, 0.15) is 0 Å². The van der Waals surface area contributed by atoms with Crippen LogP contribution in [0.25, 0.3) is 0 Å². The first-order chi connectivity index (χ1) is 7.60. The second kappa shape index (κ2) is 4.66. The molecule has 0 aliphatic rings. The van der Waals surface area contributed by atoms with Gasteiger partial charge < -0.3 is 0 Å². The Balaban J connectivity index is 2.83. The van der Waals surface area contributed by atoms with Gasteiger partial charge in [0, 0.05) is 13.6 Å². The Morgan fingerprint density at radius 1 is 1.18 bits per heavy atom. The first kappa shape index (κ1) is 14.0. The first-order valence-electron chi connectivity index (χ1n) is 4.68. The third kappa shape index (κ3) is 4.01. The average Bonchev–Trinajstić information content (AvgIpc) is 2.15. The molecule has 0 atom stereocenters. The number of halogens is 3. The summed E-state index contributed by atoms with van der Waals surface area (Å²) in [6.07, 6.45) is -3.33. The van der Waals surface area contributed by atoms with Crippen LogP contribution in [0.5, 0.6) is 0 Å². The van der Waals surface area contributed by atoms with E-state index in [-0.39, 0.29) is 6.54 Å². The van der Waals surface area contributed by atoms with Crippen molar-refractivity contribution in [3.8, 4) is 0 Å². The zero-order valence-electron chi connectivity index (χ0n) is 9.32. The summed E-state index contributed by atoms with van der Waals surface area (Å²) in [5.74, 6) is 0. The topological polar surface area (TPSA) is 37.4 Å². The van der Waals surface area contributed by atoms with Crippen LogP contribution in [0.1, 0.15) is 11.1 Å². The Morgan fingerprint density at radius 3 is 2.00 bits per heavy atom. The number of hydrogen-bond acceptors (Lipinski definition) is 2. The standard InChI is InChI=1S/C10H12F3NO2S/c1-14(17(2,15)16)7-8-3-5-9(6-4-8)10(11,12)13/h3-6H,7H2,1-2H3. The van der Waals surface area contributed by atoms with Crippen LogP contribution in [-0.2, 0) is 22.7 Å². The second-order valence-electron chi connectivity index (χ2n) is 3.71. The van der Waals surface area contributed by atoms with Gasteiger partial charge in [-0.05, 0) is 17.7 Å². The van der Waals surface area contributed by atoms with Gasteiger partial charge in [0.15, 0.2) is 0 Å². The highest BCUT2D eigenvalue weighted by Crippen LogP contribution is 2.29. The summed E-state index contributed by atoms with van der Waals surface area (Å²) in [6.45, 7) is 0.0526. The summed E-state index contributed by atoms with van der Waals surface area (Å²) in [5, 5.41) is 0. The molecule has 0 radical (unpaired) electrons. The van der Waals surface area contributed by atoms with Crippen LogP contribution in [0.3, 0.4) is 0 Å². The Hall–Kier alpha value is -1.08. The number of sulfonamides is 1. The third-order valence-electron chi connectivity index (χ3n) is 2.25. The van der Waals surface area contributed by atoms with Crippen molar-refractivity contribution in [3.05, 3.63) is 35.4 Å². The van der Waals surface area contributed by atoms with Crippen molar-refractivity contribution >= 4 is 10.0 Å². The molecule has 1 aromatic rings. The smallest absolute Gasteiger partial charge is 0.213 e. The molecule has 1 rings (SSSR count). The van der Waals surface area contributed by atoms with E-state index >= 15 is 0 Å². The molecule has 0 spiro atoms. The third-order valence-corrected chi connectivity index (χ3v) is 3.51. The van der Waals surface area contributed by atoms with Gasteiger partial charge in [0.2, 0.25) is 10.0 Å². The van der Waals surface area contributed by atoms with E-state index in [2.05, 4.69) is 0 Å². The highest BCUT2D eigenvalue weighted by Gasteiger charge is 2.29. The van der Waals surface area contributed by atoms with E-state index in [1.54, 1.807) is 0 Å². The molecule has 17 heavy (non-hydrogen) atoms. The number of hydrogen-bond donors (Lipinski definition) is 0. The molecule has 96 valence electrons. The SMILES string of the molecule is CN(Cc1ccc(C(F)(F)F)cc1)S(C)(=O)=O. The summed E-state index contributed by atoms with van der Waals surface area (Å²) in [7, 11) is -1.96. The van der Waals surface area contributed by atoms with Crippen molar-refractivity contribution in [1.82, 2.24) is 4.31 Å². The van der Waals surface area contributed by atoms with Crippen LogP contribution in [0.15, 0.2) is 24.3 Å². The molecule has 0 unspecified atom stereocenters. The van der Waals surface area contributed by atoms with E-state index in [1.165, 1.54) is 19.2 Å². The molecular weight excluding hydrogens is 255 g/mol. The van der Waals surface area contributed by atoms with Crippen molar-refractivity contribution in [1.29, 1.82) is 0 Å². The molecule has 0 heterocycles.